The van der Waals surface area contributed by atoms with Crippen LogP contribution >= 0.6 is 11.3 Å². The molecule has 108 valence electrons. The highest BCUT2D eigenvalue weighted by Gasteiger charge is 2.05. The third-order valence-electron chi connectivity index (χ3n) is 3.54. The first kappa shape index (κ1) is 14.2. The van der Waals surface area contributed by atoms with Crippen LogP contribution in [0.25, 0.3) is 22.0 Å². The number of thiazole rings is 1. The number of aromatic nitrogens is 1. The molecule has 0 unspecified atom stereocenters. The van der Waals surface area contributed by atoms with Crippen LogP contribution in [0.2, 0.25) is 0 Å². The first-order valence-corrected chi connectivity index (χ1v) is 8.39. The van der Waals surface area contributed by atoms with Crippen molar-refractivity contribution in [3.63, 3.8) is 0 Å². The van der Waals surface area contributed by atoms with Crippen molar-refractivity contribution in [2.24, 2.45) is 0 Å². The lowest BCUT2D eigenvalue weighted by Crippen LogP contribution is -2.17. The third kappa shape index (κ3) is 3.49. The van der Waals surface area contributed by atoms with Gasteiger partial charge < -0.3 is 5.32 Å². The molecule has 0 fully saturated rings. The zero-order chi connectivity index (χ0) is 14.5. The van der Waals surface area contributed by atoms with Gasteiger partial charge in [-0.1, -0.05) is 43.3 Å². The number of nitrogens with zero attached hydrogens (tertiary/aromatic N) is 1. The Labute approximate surface area is 129 Å². The van der Waals surface area contributed by atoms with E-state index in [4.69, 9.17) is 4.98 Å². The predicted molar refractivity (Wildman–Crippen MR) is 91.9 cm³/mol. The van der Waals surface area contributed by atoms with Gasteiger partial charge in [0.15, 0.2) is 0 Å². The van der Waals surface area contributed by atoms with Gasteiger partial charge in [0, 0.05) is 23.9 Å². The van der Waals surface area contributed by atoms with Crippen LogP contribution in [0.3, 0.4) is 0 Å². The SMILES string of the molecule is CCCNCCc1nc(-c2ccc3ccccc3c2)cs1. The summed E-state index contributed by atoms with van der Waals surface area (Å²) in [6, 6.07) is 15.0. The lowest BCUT2D eigenvalue weighted by molar-refractivity contribution is 0.670. The smallest absolute Gasteiger partial charge is 0.0945 e. The molecular formula is C18H20N2S. The Kier molecular flexibility index (Phi) is 4.63. The van der Waals surface area contributed by atoms with Crippen LogP contribution in [0.5, 0.6) is 0 Å². The molecule has 1 aromatic heterocycles. The van der Waals surface area contributed by atoms with Crippen LogP contribution in [0.1, 0.15) is 18.4 Å². The van der Waals surface area contributed by atoms with Crippen molar-refractivity contribution in [1.29, 1.82) is 0 Å². The molecule has 0 bridgehead atoms. The second-order valence-electron chi connectivity index (χ2n) is 5.19. The molecule has 0 aliphatic heterocycles. The number of rotatable bonds is 6. The zero-order valence-electron chi connectivity index (χ0n) is 12.3. The van der Waals surface area contributed by atoms with Gasteiger partial charge in [-0.2, -0.15) is 0 Å². The van der Waals surface area contributed by atoms with E-state index in [-0.39, 0.29) is 0 Å². The first-order valence-electron chi connectivity index (χ1n) is 7.51. The highest BCUT2D eigenvalue weighted by molar-refractivity contribution is 7.09. The van der Waals surface area contributed by atoms with Crippen molar-refractivity contribution in [2.75, 3.05) is 13.1 Å². The normalized spacial score (nSPS) is 11.1. The summed E-state index contributed by atoms with van der Waals surface area (Å²) in [5.74, 6) is 0. The van der Waals surface area contributed by atoms with Crippen LogP contribution < -0.4 is 5.32 Å². The van der Waals surface area contributed by atoms with E-state index in [9.17, 15) is 0 Å². The Morgan fingerprint density at radius 2 is 1.90 bits per heavy atom. The Hall–Kier alpha value is -1.71. The summed E-state index contributed by atoms with van der Waals surface area (Å²) in [6.07, 6.45) is 2.19. The van der Waals surface area contributed by atoms with E-state index in [2.05, 4.69) is 60.1 Å². The van der Waals surface area contributed by atoms with Crippen molar-refractivity contribution in [2.45, 2.75) is 19.8 Å². The van der Waals surface area contributed by atoms with Crippen molar-refractivity contribution in [3.8, 4) is 11.3 Å². The van der Waals surface area contributed by atoms with Gasteiger partial charge >= 0.3 is 0 Å². The average molecular weight is 296 g/mol. The minimum atomic E-state index is 1.01. The zero-order valence-corrected chi connectivity index (χ0v) is 13.1. The molecule has 0 aliphatic carbocycles. The quantitative estimate of drug-likeness (QED) is 0.677. The molecule has 3 aromatic rings. The van der Waals surface area contributed by atoms with Crippen molar-refractivity contribution in [3.05, 3.63) is 52.9 Å². The van der Waals surface area contributed by atoms with Crippen molar-refractivity contribution < 1.29 is 0 Å². The molecule has 0 atom stereocenters. The van der Waals surface area contributed by atoms with Gasteiger partial charge in [0.25, 0.3) is 0 Å². The maximum atomic E-state index is 4.76. The molecule has 1 N–H and O–H groups in total. The summed E-state index contributed by atoms with van der Waals surface area (Å²) in [6.45, 7) is 4.29. The van der Waals surface area contributed by atoms with Gasteiger partial charge in [0.05, 0.1) is 10.7 Å². The van der Waals surface area contributed by atoms with E-state index in [1.807, 2.05) is 0 Å². The number of benzene rings is 2. The molecule has 0 amide bonds. The topological polar surface area (TPSA) is 24.9 Å². The van der Waals surface area contributed by atoms with Gasteiger partial charge in [-0.05, 0) is 29.8 Å². The Morgan fingerprint density at radius 3 is 2.76 bits per heavy atom. The number of fused-ring (bicyclic) bond motifs is 1. The maximum absolute atomic E-state index is 4.76. The van der Waals surface area contributed by atoms with Crippen molar-refractivity contribution >= 4 is 22.1 Å². The standard InChI is InChI=1S/C18H20N2S/c1-2-10-19-11-9-18-20-17(13-21-18)16-8-7-14-5-3-4-6-15(14)12-16/h3-8,12-13,19H,2,9-11H2,1H3. The Morgan fingerprint density at radius 1 is 1.05 bits per heavy atom. The van der Waals surface area contributed by atoms with Gasteiger partial charge in [-0.15, -0.1) is 11.3 Å². The minimum absolute atomic E-state index is 1.01. The van der Waals surface area contributed by atoms with Crippen LogP contribution in [0, 0.1) is 0 Å². The largest absolute Gasteiger partial charge is 0.316 e. The van der Waals surface area contributed by atoms with Crippen LogP contribution in [0.15, 0.2) is 47.8 Å². The summed E-state index contributed by atoms with van der Waals surface area (Å²) in [5.41, 5.74) is 2.30. The fourth-order valence-corrected chi connectivity index (χ4v) is 3.21. The fraction of sp³-hybridized carbons (Fsp3) is 0.278. The summed E-state index contributed by atoms with van der Waals surface area (Å²) < 4.78 is 0. The van der Waals surface area contributed by atoms with Crippen LogP contribution in [-0.2, 0) is 6.42 Å². The molecule has 0 saturated carbocycles. The summed E-state index contributed by atoms with van der Waals surface area (Å²) in [5, 5.41) is 9.35. The fourth-order valence-electron chi connectivity index (χ4n) is 2.40. The second kappa shape index (κ2) is 6.83. The summed E-state index contributed by atoms with van der Waals surface area (Å²) in [4.78, 5) is 4.76. The van der Waals surface area contributed by atoms with Crippen molar-refractivity contribution in [1.82, 2.24) is 10.3 Å². The van der Waals surface area contributed by atoms with E-state index in [1.54, 1.807) is 11.3 Å². The number of hydrogen-bond acceptors (Lipinski definition) is 3. The third-order valence-corrected chi connectivity index (χ3v) is 4.45. The minimum Gasteiger partial charge on any atom is -0.316 e. The van der Waals surface area contributed by atoms with Gasteiger partial charge in [-0.25, -0.2) is 4.98 Å². The van der Waals surface area contributed by atoms with E-state index >= 15 is 0 Å². The molecule has 3 heteroatoms. The molecule has 3 rings (SSSR count). The molecular weight excluding hydrogens is 276 g/mol. The molecule has 1 heterocycles. The highest BCUT2D eigenvalue weighted by Crippen LogP contribution is 2.25. The highest BCUT2D eigenvalue weighted by atomic mass is 32.1. The van der Waals surface area contributed by atoms with E-state index in [0.717, 1.165) is 25.2 Å². The lowest BCUT2D eigenvalue weighted by atomic mass is 10.1. The summed E-state index contributed by atoms with van der Waals surface area (Å²) >= 11 is 1.76. The maximum Gasteiger partial charge on any atom is 0.0945 e. The lowest BCUT2D eigenvalue weighted by Gasteiger charge is -2.01. The molecule has 0 saturated heterocycles. The Balaban J connectivity index is 1.75. The van der Waals surface area contributed by atoms with Gasteiger partial charge in [0.2, 0.25) is 0 Å². The molecule has 21 heavy (non-hydrogen) atoms. The summed E-state index contributed by atoms with van der Waals surface area (Å²) in [7, 11) is 0. The molecule has 0 radical (unpaired) electrons. The molecule has 2 nitrogen and oxygen atoms in total. The first-order chi connectivity index (χ1) is 10.4. The number of hydrogen-bond donors (Lipinski definition) is 1. The number of nitrogens with one attached hydrogen (secondary N) is 1. The van der Waals surface area contributed by atoms with Crippen LogP contribution in [-0.4, -0.2) is 18.1 Å². The molecule has 0 spiro atoms. The molecule has 2 aromatic carbocycles. The van der Waals surface area contributed by atoms with Crippen LogP contribution in [0.4, 0.5) is 0 Å². The second-order valence-corrected chi connectivity index (χ2v) is 6.13. The van der Waals surface area contributed by atoms with E-state index < -0.39 is 0 Å². The van der Waals surface area contributed by atoms with E-state index in [0.29, 0.717) is 0 Å². The Bertz CT molecular complexity index is 718. The van der Waals surface area contributed by atoms with Gasteiger partial charge in [0.1, 0.15) is 0 Å². The molecule has 0 aliphatic rings. The van der Waals surface area contributed by atoms with E-state index in [1.165, 1.54) is 27.8 Å². The monoisotopic (exact) mass is 296 g/mol. The predicted octanol–water partition coefficient (Wildman–Crippen LogP) is 4.51. The average Bonchev–Trinajstić information content (AvgIpc) is 3.00. The van der Waals surface area contributed by atoms with Gasteiger partial charge in [-0.3, -0.25) is 0 Å².